The minimum Gasteiger partial charge on any atom is -0.321 e. The molecule has 8 nitrogen and oxygen atoms in total. The molecule has 1 aliphatic rings. The molecule has 0 saturated carbocycles. The summed E-state index contributed by atoms with van der Waals surface area (Å²) in [7, 11) is 0. The van der Waals surface area contributed by atoms with Crippen molar-refractivity contribution in [2.75, 3.05) is 11.9 Å². The summed E-state index contributed by atoms with van der Waals surface area (Å²) in [4.78, 5) is 18.8. The monoisotopic (exact) mass is 365 g/mol. The third kappa shape index (κ3) is 4.16. The van der Waals surface area contributed by atoms with Gasteiger partial charge in [0.15, 0.2) is 0 Å². The number of urea groups is 1. The van der Waals surface area contributed by atoms with Crippen LogP contribution < -0.4 is 5.32 Å². The van der Waals surface area contributed by atoms with Gasteiger partial charge in [0.1, 0.15) is 12.7 Å². The summed E-state index contributed by atoms with van der Waals surface area (Å²) in [6, 6.07) is 9.73. The second kappa shape index (κ2) is 8.03. The zero-order valence-corrected chi connectivity index (χ0v) is 15.1. The van der Waals surface area contributed by atoms with Gasteiger partial charge in [-0.2, -0.15) is 10.2 Å². The van der Waals surface area contributed by atoms with Crippen molar-refractivity contribution in [1.29, 1.82) is 0 Å². The number of piperidine rings is 1. The molecule has 8 heteroatoms. The summed E-state index contributed by atoms with van der Waals surface area (Å²) in [5.41, 5.74) is 1.61. The molecule has 140 valence electrons. The predicted octanol–water partition coefficient (Wildman–Crippen LogP) is 2.94. The molecule has 1 fully saturated rings. The molecule has 0 bridgehead atoms. The van der Waals surface area contributed by atoms with E-state index in [1.54, 1.807) is 17.2 Å². The van der Waals surface area contributed by atoms with Crippen LogP contribution in [0.5, 0.6) is 0 Å². The maximum absolute atomic E-state index is 12.9. The van der Waals surface area contributed by atoms with Crippen molar-refractivity contribution >= 4 is 11.7 Å². The molecular weight excluding hydrogens is 342 g/mol. The molecular formula is C19H23N7O. The Kier molecular flexibility index (Phi) is 5.13. The second-order valence-corrected chi connectivity index (χ2v) is 6.72. The van der Waals surface area contributed by atoms with Crippen LogP contribution in [-0.4, -0.2) is 48.1 Å². The fourth-order valence-corrected chi connectivity index (χ4v) is 3.55. The molecule has 2 amide bonds. The summed E-state index contributed by atoms with van der Waals surface area (Å²) in [5.74, 6) is 0. The number of carbonyl (C=O) groups excluding carboxylic acids is 1. The molecule has 1 aliphatic heterocycles. The van der Waals surface area contributed by atoms with Gasteiger partial charge in [0, 0.05) is 37.2 Å². The third-order valence-electron chi connectivity index (χ3n) is 4.92. The smallest absolute Gasteiger partial charge is 0.321 e. The van der Waals surface area contributed by atoms with Crippen LogP contribution in [0.2, 0.25) is 0 Å². The van der Waals surface area contributed by atoms with Gasteiger partial charge >= 0.3 is 6.03 Å². The summed E-state index contributed by atoms with van der Waals surface area (Å²) < 4.78 is 3.59. The zero-order chi connectivity index (χ0) is 18.5. The Hall–Kier alpha value is -3.16. The van der Waals surface area contributed by atoms with E-state index in [0.29, 0.717) is 0 Å². The summed E-state index contributed by atoms with van der Waals surface area (Å²) >= 11 is 0. The number of amides is 2. The highest BCUT2D eigenvalue weighted by molar-refractivity contribution is 5.89. The average Bonchev–Trinajstić information content (AvgIpc) is 3.41. The first-order chi connectivity index (χ1) is 13.3. The van der Waals surface area contributed by atoms with Gasteiger partial charge < -0.3 is 10.2 Å². The van der Waals surface area contributed by atoms with Crippen LogP contribution in [0.3, 0.4) is 0 Å². The molecule has 0 unspecified atom stereocenters. The largest absolute Gasteiger partial charge is 0.322 e. The number of nitrogens with zero attached hydrogens (tertiary/aromatic N) is 6. The van der Waals surface area contributed by atoms with Crippen molar-refractivity contribution in [1.82, 2.24) is 29.4 Å². The van der Waals surface area contributed by atoms with Crippen molar-refractivity contribution in [2.24, 2.45) is 0 Å². The van der Waals surface area contributed by atoms with E-state index in [-0.39, 0.29) is 12.1 Å². The number of hydrogen-bond acceptors (Lipinski definition) is 4. The summed E-state index contributed by atoms with van der Waals surface area (Å²) in [5, 5.41) is 11.4. The van der Waals surface area contributed by atoms with E-state index in [0.717, 1.165) is 50.1 Å². The Balaban J connectivity index is 1.42. The molecule has 4 rings (SSSR count). The highest BCUT2D eigenvalue weighted by atomic mass is 16.2. The van der Waals surface area contributed by atoms with E-state index in [9.17, 15) is 4.79 Å². The number of aromatic nitrogens is 5. The third-order valence-corrected chi connectivity index (χ3v) is 4.92. The topological polar surface area (TPSA) is 80.9 Å². The quantitative estimate of drug-likeness (QED) is 0.754. The molecule has 0 spiro atoms. The molecule has 27 heavy (non-hydrogen) atoms. The lowest BCUT2D eigenvalue weighted by Crippen LogP contribution is -2.46. The van der Waals surface area contributed by atoms with E-state index in [1.165, 1.54) is 6.33 Å². The number of rotatable bonds is 5. The van der Waals surface area contributed by atoms with Crippen LogP contribution in [0.15, 0.2) is 55.4 Å². The maximum atomic E-state index is 12.9. The minimum absolute atomic E-state index is 0.0455. The highest BCUT2D eigenvalue weighted by Crippen LogP contribution is 2.22. The molecule has 1 N–H and O–H groups in total. The van der Waals surface area contributed by atoms with Gasteiger partial charge in [-0.1, -0.05) is 6.07 Å². The Bertz CT molecular complexity index is 860. The molecule has 1 atom stereocenters. The first-order valence-electron chi connectivity index (χ1n) is 9.30. The fourth-order valence-electron chi connectivity index (χ4n) is 3.55. The number of anilines is 1. The molecule has 0 aliphatic carbocycles. The summed E-state index contributed by atoms with van der Waals surface area (Å²) in [6.07, 6.45) is 11.0. The minimum atomic E-state index is -0.0455. The van der Waals surface area contributed by atoms with Gasteiger partial charge in [-0.15, -0.1) is 0 Å². The lowest BCUT2D eigenvalue weighted by molar-refractivity contribution is 0.154. The zero-order valence-electron chi connectivity index (χ0n) is 15.1. The number of likely N-dealkylation sites (tertiary alicyclic amines) is 1. The standard InChI is InChI=1S/C19H23N7O/c27-19(23-16-5-3-7-18(13-16)26-15-20-14-22-26)25-11-2-1-6-17(25)8-12-24-10-4-9-21-24/h3-5,7,9-10,13-15,17H,1-2,6,8,11-12H2,(H,23,27)/t17-/m0/s1. The normalized spacial score (nSPS) is 17.0. The van der Waals surface area contributed by atoms with Crippen LogP contribution in [-0.2, 0) is 6.54 Å². The fraction of sp³-hybridized carbons (Fsp3) is 0.368. The maximum Gasteiger partial charge on any atom is 0.322 e. The SMILES string of the molecule is O=C(Nc1cccc(-n2cncn2)c1)N1CCCC[C@H]1CCn1cccn1. The van der Waals surface area contributed by atoms with E-state index in [2.05, 4.69) is 20.5 Å². The van der Waals surface area contributed by atoms with Crippen molar-refractivity contribution in [3.8, 4) is 5.69 Å². The van der Waals surface area contributed by atoms with Crippen LogP contribution in [0, 0.1) is 0 Å². The summed E-state index contributed by atoms with van der Waals surface area (Å²) in [6.45, 7) is 1.61. The molecule has 1 aromatic carbocycles. The van der Waals surface area contributed by atoms with E-state index in [1.807, 2.05) is 46.1 Å². The molecule has 1 saturated heterocycles. The van der Waals surface area contributed by atoms with E-state index in [4.69, 9.17) is 0 Å². The Morgan fingerprint density at radius 2 is 2.19 bits per heavy atom. The first-order valence-corrected chi connectivity index (χ1v) is 9.30. The second-order valence-electron chi connectivity index (χ2n) is 6.72. The van der Waals surface area contributed by atoms with Gasteiger partial charge in [0.25, 0.3) is 0 Å². The van der Waals surface area contributed by atoms with E-state index >= 15 is 0 Å². The Labute approximate surface area is 157 Å². The van der Waals surface area contributed by atoms with E-state index < -0.39 is 0 Å². The highest BCUT2D eigenvalue weighted by Gasteiger charge is 2.26. The number of carbonyl (C=O) groups is 1. The number of hydrogen-bond donors (Lipinski definition) is 1. The van der Waals surface area contributed by atoms with Crippen molar-refractivity contribution in [3.63, 3.8) is 0 Å². The Morgan fingerprint density at radius 1 is 1.22 bits per heavy atom. The first kappa shape index (κ1) is 17.3. The lowest BCUT2D eigenvalue weighted by Gasteiger charge is -2.35. The van der Waals surface area contributed by atoms with Gasteiger partial charge in [0.2, 0.25) is 0 Å². The van der Waals surface area contributed by atoms with Gasteiger partial charge in [-0.3, -0.25) is 4.68 Å². The van der Waals surface area contributed by atoms with Crippen LogP contribution in [0.25, 0.3) is 5.69 Å². The number of benzene rings is 1. The molecule has 2 aromatic heterocycles. The molecule has 3 aromatic rings. The number of aryl methyl sites for hydroxylation is 1. The van der Waals surface area contributed by atoms with Crippen LogP contribution in [0.4, 0.5) is 10.5 Å². The number of nitrogens with one attached hydrogen (secondary N) is 1. The van der Waals surface area contributed by atoms with Gasteiger partial charge in [-0.25, -0.2) is 14.5 Å². The average molecular weight is 365 g/mol. The van der Waals surface area contributed by atoms with Gasteiger partial charge in [-0.05, 0) is 49.9 Å². The predicted molar refractivity (Wildman–Crippen MR) is 102 cm³/mol. The van der Waals surface area contributed by atoms with Crippen LogP contribution in [0.1, 0.15) is 25.7 Å². The van der Waals surface area contributed by atoms with Crippen molar-refractivity contribution in [2.45, 2.75) is 38.3 Å². The van der Waals surface area contributed by atoms with Gasteiger partial charge in [0.05, 0.1) is 5.69 Å². The van der Waals surface area contributed by atoms with Crippen LogP contribution >= 0.6 is 0 Å². The molecule has 0 radical (unpaired) electrons. The van der Waals surface area contributed by atoms with Crippen molar-refractivity contribution in [3.05, 3.63) is 55.4 Å². The Morgan fingerprint density at radius 3 is 3.00 bits per heavy atom. The molecule has 3 heterocycles. The lowest BCUT2D eigenvalue weighted by atomic mass is 10.00. The van der Waals surface area contributed by atoms with Crippen molar-refractivity contribution < 1.29 is 4.79 Å².